The molecule has 6 heteroatoms. The summed E-state index contributed by atoms with van der Waals surface area (Å²) in [5, 5.41) is 7.64. The number of amides is 1. The molecule has 1 amide bonds. The second-order valence-electron chi connectivity index (χ2n) is 7.10. The maximum Gasteiger partial charge on any atom is 0.252 e. The van der Waals surface area contributed by atoms with E-state index in [0.717, 1.165) is 24.2 Å². The average molecular weight is 349 g/mol. The van der Waals surface area contributed by atoms with Gasteiger partial charge in [0.25, 0.3) is 5.78 Å². The number of rotatable bonds is 5. The zero-order valence-electron chi connectivity index (χ0n) is 15.1. The number of carbonyl (C=O) groups is 1. The number of hydrogen-bond acceptors (Lipinski definition) is 4. The second-order valence-corrected chi connectivity index (χ2v) is 7.10. The van der Waals surface area contributed by atoms with Crippen molar-refractivity contribution < 1.29 is 4.79 Å². The predicted molar refractivity (Wildman–Crippen MR) is 98.6 cm³/mol. The van der Waals surface area contributed by atoms with Gasteiger partial charge in [-0.25, -0.2) is 9.50 Å². The monoisotopic (exact) mass is 349 g/mol. The van der Waals surface area contributed by atoms with Gasteiger partial charge in [-0.1, -0.05) is 36.8 Å². The first-order valence-electron chi connectivity index (χ1n) is 9.14. The number of benzene rings is 1. The van der Waals surface area contributed by atoms with Crippen molar-refractivity contribution in [2.75, 3.05) is 0 Å². The highest BCUT2D eigenvalue weighted by molar-refractivity contribution is 5.78. The smallest absolute Gasteiger partial charge is 0.252 e. The molecule has 2 heterocycles. The van der Waals surface area contributed by atoms with E-state index in [2.05, 4.69) is 32.5 Å². The van der Waals surface area contributed by atoms with Gasteiger partial charge in [0.1, 0.15) is 0 Å². The fraction of sp³-hybridized carbons (Fsp3) is 0.400. The highest BCUT2D eigenvalue weighted by atomic mass is 16.1. The third-order valence-electron chi connectivity index (χ3n) is 5.08. The van der Waals surface area contributed by atoms with Gasteiger partial charge in [-0.05, 0) is 44.2 Å². The molecule has 1 N–H and O–H groups in total. The number of nitrogens with zero attached hydrogens (tertiary/aromatic N) is 4. The molecule has 1 aliphatic rings. The zero-order chi connectivity index (χ0) is 18.1. The van der Waals surface area contributed by atoms with E-state index in [0.29, 0.717) is 17.5 Å². The van der Waals surface area contributed by atoms with E-state index < -0.39 is 0 Å². The lowest BCUT2D eigenvalue weighted by atomic mass is 9.77. The van der Waals surface area contributed by atoms with Crippen molar-refractivity contribution in [2.24, 2.45) is 5.92 Å². The van der Waals surface area contributed by atoms with Crippen LogP contribution in [0.2, 0.25) is 0 Å². The van der Waals surface area contributed by atoms with Crippen LogP contribution in [0.5, 0.6) is 0 Å². The van der Waals surface area contributed by atoms with Gasteiger partial charge in [0.05, 0.1) is 12.5 Å². The Balaban J connectivity index is 1.51. The summed E-state index contributed by atoms with van der Waals surface area (Å²) in [5.74, 6) is 1.52. The van der Waals surface area contributed by atoms with Crippen molar-refractivity contribution in [2.45, 2.75) is 45.6 Å². The standard InChI is InChI=1S/C20H23N5O/c1-13-11-14(2)25-20(21-13)22-17(24-25)12-18(26)23-19(16-9-6-10-16)15-7-4-3-5-8-15/h3-5,7-8,11,16,19H,6,9-10,12H2,1-2H3,(H,23,26)/t19-/m1/s1. The molecule has 1 fully saturated rings. The fourth-order valence-electron chi connectivity index (χ4n) is 3.56. The maximum absolute atomic E-state index is 12.6. The van der Waals surface area contributed by atoms with E-state index in [4.69, 9.17) is 0 Å². The van der Waals surface area contributed by atoms with Crippen LogP contribution >= 0.6 is 0 Å². The topological polar surface area (TPSA) is 72.2 Å². The summed E-state index contributed by atoms with van der Waals surface area (Å²) in [6.45, 7) is 3.89. The normalized spacial score (nSPS) is 15.6. The molecule has 1 saturated carbocycles. The molecule has 0 unspecified atom stereocenters. The van der Waals surface area contributed by atoms with E-state index in [1.165, 1.54) is 12.0 Å². The first-order chi connectivity index (χ1) is 12.6. The van der Waals surface area contributed by atoms with Crippen molar-refractivity contribution in [3.05, 3.63) is 59.2 Å². The van der Waals surface area contributed by atoms with Crippen LogP contribution in [-0.4, -0.2) is 25.5 Å². The SMILES string of the molecule is Cc1cc(C)n2nc(CC(=O)N[C@H](c3ccccc3)C3CCC3)nc2n1. The van der Waals surface area contributed by atoms with Gasteiger partial charge in [0, 0.05) is 11.4 Å². The molecular formula is C20H23N5O. The summed E-state index contributed by atoms with van der Waals surface area (Å²) in [7, 11) is 0. The van der Waals surface area contributed by atoms with Crippen molar-refractivity contribution >= 4 is 11.7 Å². The number of fused-ring (bicyclic) bond motifs is 1. The van der Waals surface area contributed by atoms with Crippen LogP contribution in [-0.2, 0) is 11.2 Å². The van der Waals surface area contributed by atoms with Crippen molar-refractivity contribution in [1.29, 1.82) is 0 Å². The summed E-state index contributed by atoms with van der Waals surface area (Å²) < 4.78 is 1.69. The molecule has 0 saturated heterocycles. The van der Waals surface area contributed by atoms with Crippen molar-refractivity contribution in [3.63, 3.8) is 0 Å². The highest BCUT2D eigenvalue weighted by Gasteiger charge is 2.29. The van der Waals surface area contributed by atoms with Gasteiger partial charge < -0.3 is 5.32 Å². The van der Waals surface area contributed by atoms with Gasteiger partial charge in [0.2, 0.25) is 5.91 Å². The Labute approximate surface area is 152 Å². The Morgan fingerprint density at radius 1 is 1.23 bits per heavy atom. The van der Waals surface area contributed by atoms with Gasteiger partial charge >= 0.3 is 0 Å². The Morgan fingerprint density at radius 3 is 2.69 bits per heavy atom. The average Bonchev–Trinajstić information content (AvgIpc) is 2.96. The molecule has 0 bridgehead atoms. The summed E-state index contributed by atoms with van der Waals surface area (Å²) >= 11 is 0. The molecule has 0 aliphatic heterocycles. The minimum Gasteiger partial charge on any atom is -0.349 e. The van der Waals surface area contributed by atoms with Gasteiger partial charge in [-0.3, -0.25) is 4.79 Å². The van der Waals surface area contributed by atoms with Crippen LogP contribution in [0.1, 0.15) is 48.1 Å². The van der Waals surface area contributed by atoms with Crippen molar-refractivity contribution in [3.8, 4) is 0 Å². The highest BCUT2D eigenvalue weighted by Crippen LogP contribution is 2.37. The predicted octanol–water partition coefficient (Wildman–Crippen LogP) is 2.94. The molecule has 0 radical (unpaired) electrons. The molecule has 4 rings (SSSR count). The molecule has 6 nitrogen and oxygen atoms in total. The van der Waals surface area contributed by atoms with E-state index >= 15 is 0 Å². The Morgan fingerprint density at radius 2 is 2.00 bits per heavy atom. The largest absolute Gasteiger partial charge is 0.349 e. The molecule has 26 heavy (non-hydrogen) atoms. The number of aryl methyl sites for hydroxylation is 2. The Hall–Kier alpha value is -2.76. The lowest BCUT2D eigenvalue weighted by molar-refractivity contribution is -0.121. The molecule has 1 aliphatic carbocycles. The maximum atomic E-state index is 12.6. The molecule has 134 valence electrons. The fourth-order valence-corrected chi connectivity index (χ4v) is 3.56. The molecule has 2 aromatic heterocycles. The molecule has 1 aromatic carbocycles. The summed E-state index contributed by atoms with van der Waals surface area (Å²) in [6.07, 6.45) is 3.73. The molecule has 0 spiro atoms. The van der Waals surface area contributed by atoms with Crippen LogP contribution in [0.3, 0.4) is 0 Å². The third kappa shape index (κ3) is 3.31. The molecule has 3 aromatic rings. The van der Waals surface area contributed by atoms with E-state index in [9.17, 15) is 4.79 Å². The van der Waals surface area contributed by atoms with E-state index in [-0.39, 0.29) is 18.4 Å². The first kappa shape index (κ1) is 16.7. The number of hydrogen-bond donors (Lipinski definition) is 1. The van der Waals surface area contributed by atoms with Crippen LogP contribution < -0.4 is 5.32 Å². The molecular weight excluding hydrogens is 326 g/mol. The second kappa shape index (κ2) is 6.86. The summed E-state index contributed by atoms with van der Waals surface area (Å²) in [5.41, 5.74) is 3.03. The van der Waals surface area contributed by atoms with E-state index in [1.807, 2.05) is 38.1 Å². The number of carbonyl (C=O) groups excluding carboxylic acids is 1. The third-order valence-corrected chi connectivity index (χ3v) is 5.08. The minimum absolute atomic E-state index is 0.0453. The number of aromatic nitrogens is 4. The lowest BCUT2D eigenvalue weighted by Gasteiger charge is -2.34. The Kier molecular flexibility index (Phi) is 4.41. The number of nitrogens with one attached hydrogen (secondary N) is 1. The van der Waals surface area contributed by atoms with Crippen LogP contribution in [0.4, 0.5) is 0 Å². The quantitative estimate of drug-likeness (QED) is 0.769. The van der Waals surface area contributed by atoms with Crippen LogP contribution in [0.25, 0.3) is 5.78 Å². The summed E-state index contributed by atoms with van der Waals surface area (Å²) in [4.78, 5) is 21.4. The first-order valence-corrected chi connectivity index (χ1v) is 9.14. The van der Waals surface area contributed by atoms with Gasteiger partial charge in [-0.15, -0.1) is 5.10 Å². The van der Waals surface area contributed by atoms with Crippen LogP contribution in [0, 0.1) is 19.8 Å². The minimum atomic E-state index is -0.0453. The van der Waals surface area contributed by atoms with E-state index in [1.54, 1.807) is 4.52 Å². The molecule has 1 atom stereocenters. The lowest BCUT2D eigenvalue weighted by Crippen LogP contribution is -2.37. The van der Waals surface area contributed by atoms with Gasteiger partial charge in [0.15, 0.2) is 5.82 Å². The summed E-state index contributed by atoms with van der Waals surface area (Å²) in [6, 6.07) is 12.2. The Bertz CT molecular complexity index is 930. The van der Waals surface area contributed by atoms with Crippen molar-refractivity contribution in [1.82, 2.24) is 24.9 Å². The van der Waals surface area contributed by atoms with Crippen LogP contribution in [0.15, 0.2) is 36.4 Å². The van der Waals surface area contributed by atoms with Gasteiger partial charge in [-0.2, -0.15) is 4.98 Å². The zero-order valence-corrected chi connectivity index (χ0v) is 15.1.